The van der Waals surface area contributed by atoms with Crippen molar-refractivity contribution in [3.63, 3.8) is 0 Å². The lowest BCUT2D eigenvalue weighted by molar-refractivity contribution is -0.127. The van der Waals surface area contributed by atoms with E-state index in [1.54, 1.807) is 14.2 Å². The maximum Gasteiger partial charge on any atom is 0.223 e. The molecule has 5 nitrogen and oxygen atoms in total. The highest BCUT2D eigenvalue weighted by molar-refractivity contribution is 5.79. The maximum absolute atomic E-state index is 12.8. The highest BCUT2D eigenvalue weighted by Gasteiger charge is 2.26. The number of methoxy groups -OCH3 is 2. The molecule has 1 aliphatic rings. The van der Waals surface area contributed by atoms with E-state index < -0.39 is 0 Å². The normalized spacial score (nSPS) is 16.4. The Balaban J connectivity index is 1.54. The van der Waals surface area contributed by atoms with E-state index in [0.29, 0.717) is 0 Å². The predicted octanol–water partition coefficient (Wildman–Crippen LogP) is 3.79. The van der Waals surface area contributed by atoms with Crippen LogP contribution in [0.2, 0.25) is 0 Å². The Kier molecular flexibility index (Phi) is 6.93. The molecule has 1 heterocycles. The fourth-order valence-corrected chi connectivity index (χ4v) is 3.78. The average Bonchev–Trinajstić information content (AvgIpc) is 2.74. The van der Waals surface area contributed by atoms with Gasteiger partial charge in [-0.05, 0) is 56.6 Å². The molecule has 2 aromatic rings. The molecule has 0 bridgehead atoms. The molecule has 1 amide bonds. The van der Waals surface area contributed by atoms with E-state index in [0.717, 1.165) is 49.5 Å². The highest BCUT2D eigenvalue weighted by atomic mass is 16.5. The summed E-state index contributed by atoms with van der Waals surface area (Å²) in [6, 6.07) is 16.0. The predicted molar refractivity (Wildman–Crippen MR) is 111 cm³/mol. The van der Waals surface area contributed by atoms with Crippen LogP contribution in [0.4, 0.5) is 0 Å². The van der Waals surface area contributed by atoms with Gasteiger partial charge in [-0.3, -0.25) is 9.69 Å². The SMILES string of the molecule is COc1ccc(OC)c([C@@H](C)NC(=O)C2CCN(Cc3ccccc3)CC2)c1. The molecule has 150 valence electrons. The summed E-state index contributed by atoms with van der Waals surface area (Å²) >= 11 is 0. The van der Waals surface area contributed by atoms with Crippen LogP contribution in [0.3, 0.4) is 0 Å². The van der Waals surface area contributed by atoms with Crippen molar-refractivity contribution in [2.75, 3.05) is 27.3 Å². The number of benzene rings is 2. The molecule has 0 unspecified atom stereocenters. The maximum atomic E-state index is 12.8. The molecule has 28 heavy (non-hydrogen) atoms. The molecule has 0 aromatic heterocycles. The van der Waals surface area contributed by atoms with Crippen LogP contribution in [0.5, 0.6) is 11.5 Å². The number of likely N-dealkylation sites (tertiary alicyclic amines) is 1. The summed E-state index contributed by atoms with van der Waals surface area (Å²) in [7, 11) is 3.28. The van der Waals surface area contributed by atoms with Crippen LogP contribution in [-0.4, -0.2) is 38.1 Å². The van der Waals surface area contributed by atoms with Crippen molar-refractivity contribution in [1.29, 1.82) is 0 Å². The number of carbonyl (C=O) groups excluding carboxylic acids is 1. The van der Waals surface area contributed by atoms with Gasteiger partial charge < -0.3 is 14.8 Å². The Morgan fingerprint density at radius 1 is 1.11 bits per heavy atom. The minimum Gasteiger partial charge on any atom is -0.497 e. The van der Waals surface area contributed by atoms with Crippen LogP contribution in [0.1, 0.15) is 36.9 Å². The summed E-state index contributed by atoms with van der Waals surface area (Å²) < 4.78 is 10.8. The zero-order chi connectivity index (χ0) is 19.9. The van der Waals surface area contributed by atoms with Crippen molar-refractivity contribution < 1.29 is 14.3 Å². The first-order chi connectivity index (χ1) is 13.6. The molecule has 2 aromatic carbocycles. The third kappa shape index (κ3) is 5.04. The van der Waals surface area contributed by atoms with Gasteiger partial charge in [-0.15, -0.1) is 0 Å². The van der Waals surface area contributed by atoms with Gasteiger partial charge >= 0.3 is 0 Å². The standard InChI is InChI=1S/C23H30N2O3/c1-17(21-15-20(27-2)9-10-22(21)28-3)24-23(26)19-11-13-25(14-12-19)16-18-7-5-4-6-8-18/h4-10,15,17,19H,11-14,16H2,1-3H3,(H,24,26)/t17-/m1/s1. The Bertz CT molecular complexity index is 771. The molecule has 0 saturated carbocycles. The average molecular weight is 383 g/mol. The van der Waals surface area contributed by atoms with Gasteiger partial charge in [0, 0.05) is 18.0 Å². The molecule has 0 radical (unpaired) electrons. The zero-order valence-corrected chi connectivity index (χ0v) is 17.0. The molecule has 1 saturated heterocycles. The monoisotopic (exact) mass is 382 g/mol. The fourth-order valence-electron chi connectivity index (χ4n) is 3.78. The van der Waals surface area contributed by atoms with Gasteiger partial charge in [-0.1, -0.05) is 30.3 Å². The number of nitrogens with one attached hydrogen (secondary N) is 1. The molecular formula is C23H30N2O3. The van der Waals surface area contributed by atoms with E-state index in [-0.39, 0.29) is 17.9 Å². The number of carbonyl (C=O) groups is 1. The number of piperidine rings is 1. The highest BCUT2D eigenvalue weighted by Crippen LogP contribution is 2.30. The van der Waals surface area contributed by atoms with E-state index in [1.165, 1.54) is 5.56 Å². The van der Waals surface area contributed by atoms with Crippen LogP contribution in [-0.2, 0) is 11.3 Å². The largest absolute Gasteiger partial charge is 0.497 e. The number of amides is 1. The van der Waals surface area contributed by atoms with Gasteiger partial charge in [-0.25, -0.2) is 0 Å². The van der Waals surface area contributed by atoms with Gasteiger partial charge in [0.25, 0.3) is 0 Å². The Morgan fingerprint density at radius 2 is 1.82 bits per heavy atom. The number of rotatable bonds is 7. The van der Waals surface area contributed by atoms with Crippen molar-refractivity contribution in [1.82, 2.24) is 10.2 Å². The molecule has 1 N–H and O–H groups in total. The van der Waals surface area contributed by atoms with E-state index in [4.69, 9.17) is 9.47 Å². The molecule has 3 rings (SSSR count). The molecule has 5 heteroatoms. The number of hydrogen-bond donors (Lipinski definition) is 1. The van der Waals surface area contributed by atoms with E-state index in [9.17, 15) is 4.79 Å². The van der Waals surface area contributed by atoms with Gasteiger partial charge in [0.15, 0.2) is 0 Å². The second-order valence-electron chi connectivity index (χ2n) is 7.37. The van der Waals surface area contributed by atoms with Crippen molar-refractivity contribution in [2.45, 2.75) is 32.4 Å². The first-order valence-electron chi connectivity index (χ1n) is 9.89. The summed E-state index contributed by atoms with van der Waals surface area (Å²) in [4.78, 5) is 15.2. The first-order valence-corrected chi connectivity index (χ1v) is 9.89. The van der Waals surface area contributed by atoms with E-state index in [1.807, 2.05) is 31.2 Å². The lowest BCUT2D eigenvalue weighted by atomic mass is 9.94. The second-order valence-corrected chi connectivity index (χ2v) is 7.37. The molecule has 0 spiro atoms. The van der Waals surface area contributed by atoms with Crippen LogP contribution in [0.15, 0.2) is 48.5 Å². The molecule has 1 fully saturated rings. The summed E-state index contributed by atoms with van der Waals surface area (Å²) in [5.74, 6) is 1.69. The van der Waals surface area contributed by atoms with Gasteiger partial charge in [0.1, 0.15) is 11.5 Å². The number of ether oxygens (including phenoxy) is 2. The summed E-state index contributed by atoms with van der Waals surface area (Å²) in [6.07, 6.45) is 1.78. The third-order valence-corrected chi connectivity index (χ3v) is 5.47. The summed E-state index contributed by atoms with van der Waals surface area (Å²) in [5, 5.41) is 3.16. The Labute approximate surface area is 167 Å². The second kappa shape index (κ2) is 9.60. The van der Waals surface area contributed by atoms with Crippen molar-refractivity contribution in [3.05, 3.63) is 59.7 Å². The van der Waals surface area contributed by atoms with Crippen LogP contribution >= 0.6 is 0 Å². The molecule has 1 atom stereocenters. The van der Waals surface area contributed by atoms with Crippen molar-refractivity contribution in [3.8, 4) is 11.5 Å². The number of hydrogen-bond acceptors (Lipinski definition) is 4. The van der Waals surface area contributed by atoms with E-state index in [2.05, 4.69) is 34.5 Å². The third-order valence-electron chi connectivity index (χ3n) is 5.47. The minimum absolute atomic E-state index is 0.0612. The Hall–Kier alpha value is -2.53. The molecule has 1 aliphatic heterocycles. The van der Waals surface area contributed by atoms with Crippen molar-refractivity contribution in [2.24, 2.45) is 5.92 Å². The van der Waals surface area contributed by atoms with Crippen LogP contribution in [0.25, 0.3) is 0 Å². The van der Waals surface area contributed by atoms with Crippen LogP contribution < -0.4 is 14.8 Å². The zero-order valence-electron chi connectivity index (χ0n) is 17.0. The lowest BCUT2D eigenvalue weighted by Gasteiger charge is -2.32. The fraction of sp³-hybridized carbons (Fsp3) is 0.435. The van der Waals surface area contributed by atoms with Crippen molar-refractivity contribution >= 4 is 5.91 Å². The van der Waals surface area contributed by atoms with Gasteiger partial charge in [0.05, 0.1) is 20.3 Å². The minimum atomic E-state index is -0.139. The summed E-state index contributed by atoms with van der Waals surface area (Å²) in [5.41, 5.74) is 2.25. The molecule has 0 aliphatic carbocycles. The Morgan fingerprint density at radius 3 is 2.46 bits per heavy atom. The smallest absolute Gasteiger partial charge is 0.223 e. The van der Waals surface area contributed by atoms with Gasteiger partial charge in [0.2, 0.25) is 5.91 Å². The lowest BCUT2D eigenvalue weighted by Crippen LogP contribution is -2.40. The van der Waals surface area contributed by atoms with Crippen LogP contribution in [0, 0.1) is 5.92 Å². The summed E-state index contributed by atoms with van der Waals surface area (Å²) in [6.45, 7) is 4.83. The van der Waals surface area contributed by atoms with E-state index >= 15 is 0 Å². The molecular weight excluding hydrogens is 352 g/mol. The quantitative estimate of drug-likeness (QED) is 0.792. The number of nitrogens with zero attached hydrogens (tertiary/aromatic N) is 1. The topological polar surface area (TPSA) is 50.8 Å². The first kappa shape index (κ1) is 20.2. The van der Waals surface area contributed by atoms with Gasteiger partial charge in [-0.2, -0.15) is 0 Å².